The Kier molecular flexibility index (Phi) is 5.59. The largest absolute Gasteiger partial charge is 0.480 e. The van der Waals surface area contributed by atoms with E-state index in [9.17, 15) is 23.5 Å². The monoisotopic (exact) mass is 334 g/mol. The molecular weight excluding hydrogens is 318 g/mol. The Bertz CT molecular complexity index is 738. The minimum Gasteiger partial charge on any atom is -0.480 e. The van der Waals surface area contributed by atoms with Crippen molar-refractivity contribution in [2.24, 2.45) is 5.73 Å². The highest BCUT2D eigenvalue weighted by Gasteiger charge is 2.24. The minimum absolute atomic E-state index is 0.195. The van der Waals surface area contributed by atoms with E-state index in [4.69, 9.17) is 5.73 Å². The molecule has 1 unspecified atom stereocenters. The molecule has 2 aromatic rings. The van der Waals surface area contributed by atoms with Gasteiger partial charge in [-0.2, -0.15) is 0 Å². The van der Waals surface area contributed by atoms with Crippen molar-refractivity contribution in [3.8, 4) is 0 Å². The number of rotatable bonds is 6. The number of benzene rings is 2. The molecule has 0 saturated carbocycles. The number of aliphatic carboxylic acids is 1. The first-order chi connectivity index (χ1) is 11.4. The molecule has 4 N–H and O–H groups in total. The summed E-state index contributed by atoms with van der Waals surface area (Å²) in [5, 5.41) is 11.6. The van der Waals surface area contributed by atoms with Gasteiger partial charge in [0.1, 0.15) is 12.1 Å². The van der Waals surface area contributed by atoms with E-state index < -0.39 is 35.6 Å². The Balaban J connectivity index is 2.09. The molecule has 0 aliphatic rings. The lowest BCUT2D eigenvalue weighted by atomic mass is 10.0. The summed E-state index contributed by atoms with van der Waals surface area (Å²) in [5.74, 6) is -4.07. The van der Waals surface area contributed by atoms with Crippen LogP contribution in [0.25, 0.3) is 0 Å². The molecule has 126 valence electrons. The van der Waals surface area contributed by atoms with Crippen LogP contribution in [0.15, 0.2) is 48.5 Å². The molecule has 2 atom stereocenters. The maximum atomic E-state index is 13.2. The highest BCUT2D eigenvalue weighted by molar-refractivity contribution is 5.87. The molecule has 24 heavy (non-hydrogen) atoms. The van der Waals surface area contributed by atoms with E-state index in [1.807, 2.05) is 0 Å². The summed E-state index contributed by atoms with van der Waals surface area (Å²) in [6, 6.07) is 9.20. The van der Waals surface area contributed by atoms with E-state index in [-0.39, 0.29) is 12.0 Å². The number of hydrogen-bond acceptors (Lipinski definition) is 3. The van der Waals surface area contributed by atoms with E-state index in [0.29, 0.717) is 5.56 Å². The number of carboxylic acid groups (broad SMARTS) is 1. The quantitative estimate of drug-likeness (QED) is 0.751. The van der Waals surface area contributed by atoms with Crippen LogP contribution in [0.1, 0.15) is 17.2 Å². The topological polar surface area (TPSA) is 92.4 Å². The predicted molar refractivity (Wildman–Crippen MR) is 83.0 cm³/mol. The van der Waals surface area contributed by atoms with Gasteiger partial charge in [0, 0.05) is 6.42 Å². The van der Waals surface area contributed by atoms with Gasteiger partial charge in [0.05, 0.1) is 0 Å². The Morgan fingerprint density at radius 3 is 2.33 bits per heavy atom. The predicted octanol–water partition coefficient (Wildman–Crippen LogP) is 1.78. The number of nitrogens with one attached hydrogen (secondary N) is 1. The van der Waals surface area contributed by atoms with E-state index >= 15 is 0 Å². The summed E-state index contributed by atoms with van der Waals surface area (Å²) in [4.78, 5) is 23.5. The summed E-state index contributed by atoms with van der Waals surface area (Å²) < 4.78 is 26.1. The maximum Gasteiger partial charge on any atom is 0.326 e. The molecule has 0 aromatic heterocycles. The molecule has 2 aromatic carbocycles. The van der Waals surface area contributed by atoms with Crippen LogP contribution in [-0.2, 0) is 16.0 Å². The zero-order valence-electron chi connectivity index (χ0n) is 12.6. The molecule has 0 bridgehead atoms. The van der Waals surface area contributed by atoms with Gasteiger partial charge in [0.2, 0.25) is 5.91 Å². The van der Waals surface area contributed by atoms with Gasteiger partial charge in [-0.15, -0.1) is 0 Å². The van der Waals surface area contributed by atoms with Crippen molar-refractivity contribution in [2.75, 3.05) is 0 Å². The number of carboxylic acids is 1. The standard InChI is InChI=1S/C17H16F2N2O3/c18-12-7-6-10(8-13(12)19)9-14(17(23)24)21-16(22)15(20)11-4-2-1-3-5-11/h1-8,14-15H,9,20H2,(H,21,22)(H,23,24)/t14-,15?/m0/s1. The molecule has 0 fully saturated rings. The highest BCUT2D eigenvalue weighted by Crippen LogP contribution is 2.13. The second-order valence-electron chi connectivity index (χ2n) is 5.24. The summed E-state index contributed by atoms with van der Waals surface area (Å²) in [6.07, 6.45) is -0.195. The van der Waals surface area contributed by atoms with E-state index in [0.717, 1.165) is 12.1 Å². The Hall–Kier alpha value is -2.80. The Labute approximate surface area is 137 Å². The maximum absolute atomic E-state index is 13.2. The smallest absolute Gasteiger partial charge is 0.326 e. The fourth-order valence-electron chi connectivity index (χ4n) is 2.18. The molecule has 1 amide bonds. The van der Waals surface area contributed by atoms with Crippen molar-refractivity contribution >= 4 is 11.9 Å². The number of nitrogens with two attached hydrogens (primary N) is 1. The van der Waals surface area contributed by atoms with Crippen LogP contribution in [0.4, 0.5) is 8.78 Å². The lowest BCUT2D eigenvalue weighted by Gasteiger charge is -2.18. The molecule has 0 radical (unpaired) electrons. The minimum atomic E-state index is -1.31. The zero-order chi connectivity index (χ0) is 17.7. The molecule has 0 aliphatic carbocycles. The Morgan fingerprint density at radius 2 is 1.75 bits per heavy atom. The Morgan fingerprint density at radius 1 is 1.08 bits per heavy atom. The van der Waals surface area contributed by atoms with Crippen molar-refractivity contribution in [2.45, 2.75) is 18.5 Å². The molecule has 2 rings (SSSR count). The normalized spacial score (nSPS) is 13.1. The van der Waals surface area contributed by atoms with Crippen molar-refractivity contribution in [3.05, 3.63) is 71.3 Å². The molecule has 0 aliphatic heterocycles. The number of amides is 1. The second-order valence-corrected chi connectivity index (χ2v) is 5.24. The number of carbonyl (C=O) groups excluding carboxylic acids is 1. The lowest BCUT2D eigenvalue weighted by Crippen LogP contribution is -2.46. The van der Waals surface area contributed by atoms with Gasteiger partial charge in [0.15, 0.2) is 11.6 Å². The second kappa shape index (κ2) is 7.65. The molecule has 0 saturated heterocycles. The van der Waals surface area contributed by atoms with Crippen LogP contribution < -0.4 is 11.1 Å². The highest BCUT2D eigenvalue weighted by atomic mass is 19.2. The lowest BCUT2D eigenvalue weighted by molar-refractivity contribution is -0.142. The van der Waals surface area contributed by atoms with Crippen molar-refractivity contribution in [1.82, 2.24) is 5.32 Å². The molecule has 7 heteroatoms. The third-order valence-corrected chi connectivity index (χ3v) is 3.48. The molecule has 0 spiro atoms. The molecule has 5 nitrogen and oxygen atoms in total. The zero-order valence-corrected chi connectivity index (χ0v) is 12.6. The van der Waals surface area contributed by atoms with Crippen molar-refractivity contribution in [1.29, 1.82) is 0 Å². The molecular formula is C17H16F2N2O3. The summed E-state index contributed by atoms with van der Waals surface area (Å²) in [7, 11) is 0. The van der Waals surface area contributed by atoms with Crippen LogP contribution >= 0.6 is 0 Å². The van der Waals surface area contributed by atoms with Crippen molar-refractivity contribution in [3.63, 3.8) is 0 Å². The first kappa shape index (κ1) is 17.6. The number of halogens is 2. The van der Waals surface area contributed by atoms with Gasteiger partial charge in [0.25, 0.3) is 0 Å². The van der Waals surface area contributed by atoms with Crippen LogP contribution in [0.2, 0.25) is 0 Å². The SMILES string of the molecule is NC(C(=O)N[C@@H](Cc1ccc(F)c(F)c1)C(=O)O)c1ccccc1. The van der Waals surface area contributed by atoms with Gasteiger partial charge in [-0.3, -0.25) is 4.79 Å². The third-order valence-electron chi connectivity index (χ3n) is 3.48. The fraction of sp³-hybridized carbons (Fsp3) is 0.176. The fourth-order valence-corrected chi connectivity index (χ4v) is 2.18. The van der Waals surface area contributed by atoms with Gasteiger partial charge >= 0.3 is 5.97 Å². The van der Waals surface area contributed by atoms with Crippen molar-refractivity contribution < 1.29 is 23.5 Å². The van der Waals surface area contributed by atoms with Crippen LogP contribution in [0.3, 0.4) is 0 Å². The molecule has 0 heterocycles. The average Bonchev–Trinajstić information content (AvgIpc) is 2.57. The van der Waals surface area contributed by atoms with E-state index in [1.165, 1.54) is 6.07 Å². The van der Waals surface area contributed by atoms with Gasteiger partial charge < -0.3 is 16.2 Å². The van der Waals surface area contributed by atoms with Gasteiger partial charge in [-0.25, -0.2) is 13.6 Å². The number of hydrogen-bond donors (Lipinski definition) is 3. The summed E-state index contributed by atoms with van der Waals surface area (Å²) in [5.41, 5.74) is 6.59. The van der Waals surface area contributed by atoms with E-state index in [1.54, 1.807) is 30.3 Å². The third kappa shape index (κ3) is 4.36. The first-order valence-electron chi connectivity index (χ1n) is 7.16. The first-order valence-corrected chi connectivity index (χ1v) is 7.16. The summed E-state index contributed by atoms with van der Waals surface area (Å²) >= 11 is 0. The van der Waals surface area contributed by atoms with Crippen LogP contribution in [0, 0.1) is 11.6 Å². The number of carbonyl (C=O) groups is 2. The average molecular weight is 334 g/mol. The van der Waals surface area contributed by atoms with E-state index in [2.05, 4.69) is 5.32 Å². The summed E-state index contributed by atoms with van der Waals surface area (Å²) in [6.45, 7) is 0. The van der Waals surface area contributed by atoms with Gasteiger partial charge in [-0.1, -0.05) is 36.4 Å². The van der Waals surface area contributed by atoms with Crippen LogP contribution in [-0.4, -0.2) is 23.0 Å². The van der Waals surface area contributed by atoms with Crippen LogP contribution in [0.5, 0.6) is 0 Å². The van der Waals surface area contributed by atoms with Gasteiger partial charge in [-0.05, 0) is 23.3 Å².